The predicted molar refractivity (Wildman–Crippen MR) is 52.5 cm³/mol. The van der Waals surface area contributed by atoms with E-state index in [0.29, 0.717) is 12.5 Å². The number of nitrogens with two attached hydrogens (primary N) is 3. The van der Waals surface area contributed by atoms with Crippen LogP contribution >= 0.6 is 0 Å². The second kappa shape index (κ2) is 7.49. The van der Waals surface area contributed by atoms with Gasteiger partial charge >= 0.3 is 0 Å². The van der Waals surface area contributed by atoms with E-state index in [2.05, 4.69) is 12.2 Å². The minimum atomic E-state index is -0.0645. The lowest BCUT2D eigenvalue weighted by Crippen LogP contribution is -2.45. The molecule has 0 fully saturated rings. The molecule has 0 aromatic carbocycles. The smallest absolute Gasteiger partial charge is 0.0673 e. The van der Waals surface area contributed by atoms with Crippen LogP contribution in [0.25, 0.3) is 0 Å². The van der Waals surface area contributed by atoms with Crippen molar-refractivity contribution in [3.05, 3.63) is 0 Å². The van der Waals surface area contributed by atoms with Crippen molar-refractivity contribution >= 4 is 0 Å². The maximum Gasteiger partial charge on any atom is 0.0673 e. The molecule has 2 unspecified atom stereocenters. The van der Waals surface area contributed by atoms with E-state index in [9.17, 15) is 0 Å². The Kier molecular flexibility index (Phi) is 7.39. The second-order valence-corrected chi connectivity index (χ2v) is 3.29. The van der Waals surface area contributed by atoms with Crippen molar-refractivity contribution in [3.63, 3.8) is 0 Å². The Morgan fingerprint density at radius 3 is 2.50 bits per heavy atom. The Labute approximate surface area is 74.9 Å². The molecule has 4 nitrogen and oxygen atoms in total. The molecular weight excluding hydrogens is 152 g/mol. The Morgan fingerprint density at radius 2 is 2.00 bits per heavy atom. The average molecular weight is 174 g/mol. The standard InChI is InChI=1S/C8H22N4/c1-7(3-2-4-9)6-12-8(11)5-10/h7-8,12H,2-6,9-11H2,1H3. The fourth-order valence-electron chi connectivity index (χ4n) is 1.00. The summed E-state index contributed by atoms with van der Waals surface area (Å²) in [5.74, 6) is 0.631. The van der Waals surface area contributed by atoms with E-state index in [0.717, 1.165) is 25.9 Å². The quantitative estimate of drug-likeness (QED) is 0.380. The summed E-state index contributed by atoms with van der Waals surface area (Å²) in [6.45, 7) is 4.38. The van der Waals surface area contributed by atoms with Crippen LogP contribution in [0, 0.1) is 5.92 Å². The summed E-state index contributed by atoms with van der Waals surface area (Å²) in [7, 11) is 0. The predicted octanol–water partition coefficient (Wildman–Crippen LogP) is -0.805. The SMILES string of the molecule is CC(CCCN)CNC(N)CN. The first-order valence-electron chi connectivity index (χ1n) is 4.59. The molecule has 0 saturated heterocycles. The first-order valence-corrected chi connectivity index (χ1v) is 4.59. The van der Waals surface area contributed by atoms with Gasteiger partial charge in [0.2, 0.25) is 0 Å². The molecule has 0 amide bonds. The monoisotopic (exact) mass is 174 g/mol. The maximum absolute atomic E-state index is 5.59. The van der Waals surface area contributed by atoms with Crippen molar-refractivity contribution < 1.29 is 0 Å². The summed E-state index contributed by atoms with van der Waals surface area (Å²) < 4.78 is 0. The summed E-state index contributed by atoms with van der Waals surface area (Å²) in [5.41, 5.74) is 16.3. The minimum Gasteiger partial charge on any atom is -0.330 e. The molecule has 0 aliphatic carbocycles. The molecular formula is C8H22N4. The van der Waals surface area contributed by atoms with E-state index in [-0.39, 0.29) is 6.17 Å². The van der Waals surface area contributed by atoms with Gasteiger partial charge in [-0.25, -0.2) is 0 Å². The Balaban J connectivity index is 3.24. The van der Waals surface area contributed by atoms with Crippen LogP contribution in [-0.4, -0.2) is 25.8 Å². The van der Waals surface area contributed by atoms with Crippen LogP contribution in [0.5, 0.6) is 0 Å². The molecule has 4 heteroatoms. The third kappa shape index (κ3) is 6.54. The van der Waals surface area contributed by atoms with E-state index >= 15 is 0 Å². The van der Waals surface area contributed by atoms with Gasteiger partial charge in [-0.05, 0) is 31.8 Å². The molecule has 74 valence electrons. The molecule has 7 N–H and O–H groups in total. The van der Waals surface area contributed by atoms with Gasteiger partial charge in [0.15, 0.2) is 0 Å². The van der Waals surface area contributed by atoms with E-state index in [1.54, 1.807) is 0 Å². The second-order valence-electron chi connectivity index (χ2n) is 3.29. The topological polar surface area (TPSA) is 90.1 Å². The van der Waals surface area contributed by atoms with Gasteiger partial charge in [-0.15, -0.1) is 0 Å². The lowest BCUT2D eigenvalue weighted by Gasteiger charge is -2.15. The first kappa shape index (κ1) is 11.8. The zero-order valence-corrected chi connectivity index (χ0v) is 7.92. The van der Waals surface area contributed by atoms with Gasteiger partial charge in [-0.2, -0.15) is 0 Å². The van der Waals surface area contributed by atoms with E-state index in [1.807, 2.05) is 0 Å². The van der Waals surface area contributed by atoms with Crippen LogP contribution in [0.4, 0.5) is 0 Å². The average Bonchev–Trinajstić information content (AvgIpc) is 2.10. The normalized spacial score (nSPS) is 16.0. The molecule has 0 spiro atoms. The van der Waals surface area contributed by atoms with Gasteiger partial charge in [0.05, 0.1) is 6.17 Å². The molecule has 0 aromatic rings. The molecule has 2 atom stereocenters. The lowest BCUT2D eigenvalue weighted by molar-refractivity contribution is 0.429. The van der Waals surface area contributed by atoms with Gasteiger partial charge in [0, 0.05) is 6.54 Å². The highest BCUT2D eigenvalue weighted by Crippen LogP contribution is 2.02. The Hall–Kier alpha value is -0.160. The zero-order chi connectivity index (χ0) is 9.40. The first-order chi connectivity index (χ1) is 5.70. The van der Waals surface area contributed by atoms with E-state index < -0.39 is 0 Å². The lowest BCUT2D eigenvalue weighted by atomic mass is 10.1. The largest absolute Gasteiger partial charge is 0.330 e. The van der Waals surface area contributed by atoms with Crippen LogP contribution in [-0.2, 0) is 0 Å². The zero-order valence-electron chi connectivity index (χ0n) is 7.92. The van der Waals surface area contributed by atoms with Crippen LogP contribution in [0.2, 0.25) is 0 Å². The van der Waals surface area contributed by atoms with Crippen LogP contribution in [0.1, 0.15) is 19.8 Å². The van der Waals surface area contributed by atoms with Gasteiger partial charge in [-0.1, -0.05) is 6.92 Å². The van der Waals surface area contributed by atoms with Crippen molar-refractivity contribution in [2.24, 2.45) is 23.1 Å². The van der Waals surface area contributed by atoms with Crippen LogP contribution in [0.15, 0.2) is 0 Å². The molecule has 0 aliphatic rings. The number of hydrogen-bond donors (Lipinski definition) is 4. The molecule has 0 rings (SSSR count). The van der Waals surface area contributed by atoms with E-state index in [4.69, 9.17) is 17.2 Å². The Bertz CT molecular complexity index is 97.1. The van der Waals surface area contributed by atoms with Crippen molar-refractivity contribution in [2.45, 2.75) is 25.9 Å². The number of nitrogens with one attached hydrogen (secondary N) is 1. The highest BCUT2D eigenvalue weighted by molar-refractivity contribution is 4.63. The summed E-state index contributed by atoms with van der Waals surface area (Å²) in [6, 6.07) is 0. The number of rotatable bonds is 7. The van der Waals surface area contributed by atoms with Crippen LogP contribution < -0.4 is 22.5 Å². The molecule has 0 aromatic heterocycles. The summed E-state index contributed by atoms with van der Waals surface area (Å²) in [4.78, 5) is 0. The maximum atomic E-state index is 5.59. The third-order valence-electron chi connectivity index (χ3n) is 1.88. The molecule has 0 bridgehead atoms. The molecule has 0 heterocycles. The highest BCUT2D eigenvalue weighted by atomic mass is 15.0. The van der Waals surface area contributed by atoms with Gasteiger partial charge in [0.1, 0.15) is 0 Å². The molecule has 12 heavy (non-hydrogen) atoms. The molecule has 0 radical (unpaired) electrons. The van der Waals surface area contributed by atoms with Crippen molar-refractivity contribution in [2.75, 3.05) is 19.6 Å². The van der Waals surface area contributed by atoms with Gasteiger partial charge < -0.3 is 22.5 Å². The van der Waals surface area contributed by atoms with Gasteiger partial charge in [0.25, 0.3) is 0 Å². The fourth-order valence-corrected chi connectivity index (χ4v) is 1.00. The highest BCUT2D eigenvalue weighted by Gasteiger charge is 2.03. The van der Waals surface area contributed by atoms with Crippen LogP contribution in [0.3, 0.4) is 0 Å². The van der Waals surface area contributed by atoms with E-state index in [1.165, 1.54) is 0 Å². The van der Waals surface area contributed by atoms with Crippen molar-refractivity contribution in [3.8, 4) is 0 Å². The Morgan fingerprint density at radius 1 is 1.33 bits per heavy atom. The van der Waals surface area contributed by atoms with Crippen molar-refractivity contribution in [1.82, 2.24) is 5.32 Å². The number of hydrogen-bond acceptors (Lipinski definition) is 4. The summed E-state index contributed by atoms with van der Waals surface area (Å²) in [5, 5.41) is 3.15. The third-order valence-corrected chi connectivity index (χ3v) is 1.88. The molecule has 0 saturated carbocycles. The fraction of sp³-hybridized carbons (Fsp3) is 1.00. The summed E-state index contributed by atoms with van der Waals surface area (Å²) >= 11 is 0. The molecule has 0 aliphatic heterocycles. The van der Waals surface area contributed by atoms with Gasteiger partial charge in [-0.3, -0.25) is 0 Å². The minimum absolute atomic E-state index is 0.0645. The summed E-state index contributed by atoms with van der Waals surface area (Å²) in [6.07, 6.45) is 2.17. The van der Waals surface area contributed by atoms with Crippen molar-refractivity contribution in [1.29, 1.82) is 0 Å².